The number of anilines is 2. The molecule has 2 rings (SSSR count). The minimum atomic E-state index is -0.809. The topological polar surface area (TPSA) is 41.1 Å². The van der Waals surface area contributed by atoms with Crippen LogP contribution in [-0.2, 0) is 0 Å². The van der Waals surface area contributed by atoms with Crippen LogP contribution in [0.5, 0.6) is 0 Å². The summed E-state index contributed by atoms with van der Waals surface area (Å²) < 4.78 is 39.6. The van der Waals surface area contributed by atoms with Crippen molar-refractivity contribution in [2.45, 2.75) is 0 Å². The standard InChI is InChI=1S/C13H8BrF3N2O/c14-9-5-11(17)12(6-10(9)16)19-13(20)18-8-3-1-2-7(15)4-8/h1-6H,(H2,18,19,20). The van der Waals surface area contributed by atoms with Gasteiger partial charge in [-0.15, -0.1) is 0 Å². The highest BCUT2D eigenvalue weighted by molar-refractivity contribution is 9.10. The van der Waals surface area contributed by atoms with Gasteiger partial charge >= 0.3 is 6.03 Å². The zero-order chi connectivity index (χ0) is 14.7. The van der Waals surface area contributed by atoms with Crippen molar-refractivity contribution < 1.29 is 18.0 Å². The normalized spacial score (nSPS) is 10.2. The van der Waals surface area contributed by atoms with Crippen LogP contribution < -0.4 is 10.6 Å². The number of nitrogens with one attached hydrogen (secondary N) is 2. The molecule has 104 valence electrons. The molecular formula is C13H8BrF3N2O. The lowest BCUT2D eigenvalue weighted by atomic mass is 10.3. The highest BCUT2D eigenvalue weighted by Gasteiger charge is 2.11. The van der Waals surface area contributed by atoms with Crippen molar-refractivity contribution in [2.24, 2.45) is 0 Å². The molecule has 0 aliphatic heterocycles. The zero-order valence-corrected chi connectivity index (χ0v) is 11.5. The Kier molecular flexibility index (Phi) is 4.29. The molecule has 2 aromatic rings. The molecule has 0 aromatic heterocycles. The lowest BCUT2D eigenvalue weighted by Gasteiger charge is -2.09. The molecule has 0 spiro atoms. The molecule has 0 unspecified atom stereocenters. The smallest absolute Gasteiger partial charge is 0.308 e. The van der Waals surface area contributed by atoms with Crippen LogP contribution in [0.4, 0.5) is 29.3 Å². The molecule has 0 bridgehead atoms. The number of hydrogen-bond donors (Lipinski definition) is 2. The average molecular weight is 345 g/mol. The van der Waals surface area contributed by atoms with Crippen LogP contribution >= 0.6 is 15.9 Å². The second-order valence-corrected chi connectivity index (χ2v) is 4.69. The summed E-state index contributed by atoms with van der Waals surface area (Å²) in [5.41, 5.74) is -0.125. The van der Waals surface area contributed by atoms with Crippen LogP contribution in [0.1, 0.15) is 0 Å². The minimum absolute atomic E-state index is 0.0499. The number of halogens is 4. The first kappa shape index (κ1) is 14.4. The first-order valence-corrected chi connectivity index (χ1v) is 6.23. The van der Waals surface area contributed by atoms with Crippen LogP contribution in [0.15, 0.2) is 40.9 Å². The maximum atomic E-state index is 13.5. The predicted molar refractivity (Wildman–Crippen MR) is 73.1 cm³/mol. The molecule has 0 radical (unpaired) electrons. The number of amides is 2. The lowest BCUT2D eigenvalue weighted by Crippen LogP contribution is -2.20. The number of hydrogen-bond acceptors (Lipinski definition) is 1. The highest BCUT2D eigenvalue weighted by atomic mass is 79.9. The van der Waals surface area contributed by atoms with Crippen molar-refractivity contribution in [3.63, 3.8) is 0 Å². The number of carbonyl (C=O) groups excluding carboxylic acids is 1. The molecule has 0 saturated heterocycles. The molecule has 0 aliphatic carbocycles. The van der Waals surface area contributed by atoms with Gasteiger partial charge in [-0.1, -0.05) is 6.07 Å². The Labute approximate surface area is 120 Å². The van der Waals surface area contributed by atoms with Gasteiger partial charge in [-0.05, 0) is 40.2 Å². The molecule has 2 aromatic carbocycles. The molecule has 0 heterocycles. The summed E-state index contributed by atoms with van der Waals surface area (Å²) in [6, 6.07) is 6.10. The van der Waals surface area contributed by atoms with Crippen LogP contribution in [0.25, 0.3) is 0 Å². The van der Waals surface area contributed by atoms with Gasteiger partial charge in [0.1, 0.15) is 17.5 Å². The van der Waals surface area contributed by atoms with Gasteiger partial charge in [0.2, 0.25) is 0 Å². The first-order chi connectivity index (χ1) is 9.45. The molecule has 3 nitrogen and oxygen atoms in total. The van der Waals surface area contributed by atoms with Crippen molar-refractivity contribution in [3.05, 3.63) is 58.3 Å². The Morgan fingerprint density at radius 3 is 2.45 bits per heavy atom. The van der Waals surface area contributed by atoms with Crippen LogP contribution in [0.3, 0.4) is 0 Å². The molecule has 0 aliphatic rings. The van der Waals surface area contributed by atoms with E-state index >= 15 is 0 Å². The van der Waals surface area contributed by atoms with Crippen molar-refractivity contribution in [1.82, 2.24) is 0 Å². The number of rotatable bonds is 2. The van der Waals surface area contributed by atoms with E-state index in [0.29, 0.717) is 0 Å². The summed E-state index contributed by atoms with van der Waals surface area (Å²) in [5.74, 6) is -2.04. The summed E-state index contributed by atoms with van der Waals surface area (Å²) >= 11 is 2.82. The Morgan fingerprint density at radius 1 is 1.00 bits per heavy atom. The van der Waals surface area contributed by atoms with Crippen molar-refractivity contribution >= 4 is 33.3 Å². The Bertz CT molecular complexity index is 664. The van der Waals surface area contributed by atoms with Crippen molar-refractivity contribution in [1.29, 1.82) is 0 Å². The summed E-state index contributed by atoms with van der Waals surface area (Å²) in [6.07, 6.45) is 0. The molecule has 2 N–H and O–H groups in total. The Balaban J connectivity index is 2.10. The third-order valence-corrected chi connectivity index (χ3v) is 2.95. The zero-order valence-electron chi connectivity index (χ0n) is 9.88. The second kappa shape index (κ2) is 5.96. The van der Waals surface area contributed by atoms with Crippen LogP contribution in [0.2, 0.25) is 0 Å². The number of benzene rings is 2. The van der Waals surface area contributed by atoms with E-state index in [1.165, 1.54) is 18.2 Å². The van der Waals surface area contributed by atoms with Gasteiger partial charge in [-0.25, -0.2) is 18.0 Å². The van der Waals surface area contributed by atoms with Crippen molar-refractivity contribution in [3.8, 4) is 0 Å². The van der Waals surface area contributed by atoms with E-state index in [-0.39, 0.29) is 15.8 Å². The van der Waals surface area contributed by atoms with E-state index in [0.717, 1.165) is 18.2 Å². The van der Waals surface area contributed by atoms with E-state index in [9.17, 15) is 18.0 Å². The molecule has 2 amide bonds. The SMILES string of the molecule is O=C(Nc1cccc(F)c1)Nc1cc(F)c(Br)cc1F. The fraction of sp³-hybridized carbons (Fsp3) is 0. The quantitative estimate of drug-likeness (QED) is 0.773. The molecule has 20 heavy (non-hydrogen) atoms. The third kappa shape index (κ3) is 3.51. The molecule has 0 fully saturated rings. The first-order valence-electron chi connectivity index (χ1n) is 5.44. The van der Waals surface area contributed by atoms with Crippen molar-refractivity contribution in [2.75, 3.05) is 10.6 Å². The summed E-state index contributed by atoms with van der Waals surface area (Å²) in [7, 11) is 0. The summed E-state index contributed by atoms with van der Waals surface area (Å²) in [4.78, 5) is 11.6. The van der Waals surface area contributed by atoms with E-state index < -0.39 is 23.5 Å². The maximum Gasteiger partial charge on any atom is 0.323 e. The largest absolute Gasteiger partial charge is 0.323 e. The summed E-state index contributed by atoms with van der Waals surface area (Å²) in [6.45, 7) is 0. The van der Waals surface area contributed by atoms with E-state index in [4.69, 9.17) is 0 Å². The third-order valence-electron chi connectivity index (χ3n) is 2.34. The predicted octanol–water partition coefficient (Wildman–Crippen LogP) is 4.51. The van der Waals surface area contributed by atoms with Gasteiger partial charge in [-0.2, -0.15) is 0 Å². The maximum absolute atomic E-state index is 13.5. The average Bonchev–Trinajstić information content (AvgIpc) is 2.36. The lowest BCUT2D eigenvalue weighted by molar-refractivity contribution is 0.262. The number of urea groups is 1. The molecule has 0 atom stereocenters. The van der Waals surface area contributed by atoms with E-state index in [2.05, 4.69) is 26.6 Å². The van der Waals surface area contributed by atoms with Gasteiger partial charge in [0.05, 0.1) is 10.2 Å². The van der Waals surface area contributed by atoms with Gasteiger partial charge in [0, 0.05) is 11.8 Å². The van der Waals surface area contributed by atoms with Gasteiger partial charge in [0.25, 0.3) is 0 Å². The summed E-state index contributed by atoms with van der Waals surface area (Å²) in [5, 5.41) is 4.44. The van der Waals surface area contributed by atoms with Gasteiger partial charge in [-0.3, -0.25) is 0 Å². The van der Waals surface area contributed by atoms with E-state index in [1.807, 2.05) is 0 Å². The molecule has 0 saturated carbocycles. The number of carbonyl (C=O) groups is 1. The highest BCUT2D eigenvalue weighted by Crippen LogP contribution is 2.23. The second-order valence-electron chi connectivity index (χ2n) is 3.84. The van der Waals surface area contributed by atoms with Crippen LogP contribution in [-0.4, -0.2) is 6.03 Å². The molecular weight excluding hydrogens is 337 g/mol. The Morgan fingerprint density at radius 2 is 1.75 bits per heavy atom. The fourth-order valence-corrected chi connectivity index (χ4v) is 1.78. The van der Waals surface area contributed by atoms with E-state index in [1.54, 1.807) is 0 Å². The fourth-order valence-electron chi connectivity index (χ4n) is 1.47. The Hall–Kier alpha value is -2.02. The monoisotopic (exact) mass is 344 g/mol. The molecule has 7 heteroatoms. The van der Waals surface area contributed by atoms with Crippen LogP contribution in [0, 0.1) is 17.5 Å². The van der Waals surface area contributed by atoms with Gasteiger partial charge in [0.15, 0.2) is 0 Å². The van der Waals surface area contributed by atoms with Gasteiger partial charge < -0.3 is 10.6 Å². The minimum Gasteiger partial charge on any atom is -0.308 e.